The lowest BCUT2D eigenvalue weighted by Crippen LogP contribution is -2.15. The molecule has 1 fully saturated rings. The van der Waals surface area contributed by atoms with Crippen LogP contribution in [0.15, 0.2) is 34.3 Å². The lowest BCUT2D eigenvalue weighted by atomic mass is 9.87. The molecule has 1 unspecified atom stereocenters. The number of hydrogen-bond acceptors (Lipinski definition) is 3. The van der Waals surface area contributed by atoms with Gasteiger partial charge in [-0.2, -0.15) is 0 Å². The van der Waals surface area contributed by atoms with Crippen molar-refractivity contribution in [3.8, 4) is 0 Å². The molecule has 3 nitrogen and oxygen atoms in total. The summed E-state index contributed by atoms with van der Waals surface area (Å²) in [5.41, 5.74) is 4.55. The zero-order valence-electron chi connectivity index (χ0n) is 13.9. The van der Waals surface area contributed by atoms with E-state index in [-0.39, 0.29) is 18.0 Å². The van der Waals surface area contributed by atoms with Crippen molar-refractivity contribution < 1.29 is 14.0 Å². The fourth-order valence-electron chi connectivity index (χ4n) is 3.47. The van der Waals surface area contributed by atoms with Crippen molar-refractivity contribution in [2.24, 2.45) is 0 Å². The van der Waals surface area contributed by atoms with Crippen LogP contribution in [-0.2, 0) is 9.59 Å². The molecule has 3 heteroatoms. The second-order valence-corrected chi connectivity index (χ2v) is 6.37. The van der Waals surface area contributed by atoms with Gasteiger partial charge in [0, 0.05) is 12.0 Å². The van der Waals surface area contributed by atoms with Crippen LogP contribution in [0.5, 0.6) is 0 Å². The summed E-state index contributed by atoms with van der Waals surface area (Å²) in [6.07, 6.45) is 1.88. The van der Waals surface area contributed by atoms with Gasteiger partial charge in [-0.3, -0.25) is 9.59 Å². The van der Waals surface area contributed by atoms with Gasteiger partial charge in [-0.25, -0.2) is 0 Å². The van der Waals surface area contributed by atoms with E-state index in [1.165, 1.54) is 0 Å². The maximum atomic E-state index is 12.8. The number of Topliss-reactive ketones (excluding diaryl/α,β-unsaturated/α-hetero) is 2. The molecule has 3 rings (SSSR count). The van der Waals surface area contributed by atoms with E-state index < -0.39 is 5.92 Å². The van der Waals surface area contributed by atoms with Gasteiger partial charge in [-0.05, 0) is 62.6 Å². The van der Waals surface area contributed by atoms with Gasteiger partial charge in [0.1, 0.15) is 17.4 Å². The van der Waals surface area contributed by atoms with Crippen molar-refractivity contribution in [3.63, 3.8) is 0 Å². The molecular weight excluding hydrogens is 288 g/mol. The summed E-state index contributed by atoms with van der Waals surface area (Å²) in [6, 6.07) is 7.72. The van der Waals surface area contributed by atoms with Crippen LogP contribution in [-0.4, -0.2) is 11.6 Å². The monoisotopic (exact) mass is 308 g/mol. The fourth-order valence-corrected chi connectivity index (χ4v) is 3.47. The molecule has 1 atom stereocenters. The maximum absolute atomic E-state index is 12.8. The van der Waals surface area contributed by atoms with Gasteiger partial charge in [0.25, 0.3) is 0 Å². The average molecular weight is 308 g/mol. The first-order valence-electron chi connectivity index (χ1n) is 7.78. The van der Waals surface area contributed by atoms with Gasteiger partial charge in [-0.1, -0.05) is 17.7 Å². The minimum atomic E-state index is -0.669. The second-order valence-electron chi connectivity index (χ2n) is 6.37. The Hall–Kier alpha value is -2.42. The second kappa shape index (κ2) is 5.65. The first-order valence-corrected chi connectivity index (χ1v) is 7.78. The van der Waals surface area contributed by atoms with Gasteiger partial charge < -0.3 is 4.42 Å². The molecule has 1 heterocycles. The smallest absolute Gasteiger partial charge is 0.174 e. The SMILES string of the molecule is Cc1cc(C)c(C2C(=O)CC(=Cc3ccc(C)o3)C2=O)c(C)c1. The first kappa shape index (κ1) is 15.5. The number of carbonyl (C=O) groups is 2. The molecule has 1 aromatic heterocycles. The summed E-state index contributed by atoms with van der Waals surface area (Å²) in [5, 5.41) is 0. The van der Waals surface area contributed by atoms with E-state index in [0.717, 1.165) is 28.0 Å². The van der Waals surface area contributed by atoms with Crippen molar-refractivity contribution >= 4 is 17.6 Å². The summed E-state index contributed by atoms with van der Waals surface area (Å²) < 4.78 is 5.49. The lowest BCUT2D eigenvalue weighted by molar-refractivity contribution is -0.123. The molecule has 1 aromatic carbocycles. The van der Waals surface area contributed by atoms with E-state index in [4.69, 9.17) is 4.42 Å². The van der Waals surface area contributed by atoms with Gasteiger partial charge >= 0.3 is 0 Å². The normalized spacial score (nSPS) is 19.8. The zero-order valence-corrected chi connectivity index (χ0v) is 13.9. The van der Waals surface area contributed by atoms with Crippen LogP contribution in [0.2, 0.25) is 0 Å². The van der Waals surface area contributed by atoms with Crippen molar-refractivity contribution in [2.45, 2.75) is 40.0 Å². The minimum absolute atomic E-state index is 0.0282. The van der Waals surface area contributed by atoms with Crippen LogP contribution in [0, 0.1) is 27.7 Å². The minimum Gasteiger partial charge on any atom is -0.462 e. The Morgan fingerprint density at radius 3 is 2.26 bits per heavy atom. The molecular formula is C20H20O3. The molecule has 118 valence electrons. The van der Waals surface area contributed by atoms with E-state index in [1.54, 1.807) is 6.08 Å². The predicted octanol–water partition coefficient (Wildman–Crippen LogP) is 4.22. The first-order chi connectivity index (χ1) is 10.9. The molecule has 0 aliphatic heterocycles. The van der Waals surface area contributed by atoms with Gasteiger partial charge in [0.15, 0.2) is 11.6 Å². The average Bonchev–Trinajstić information content (AvgIpc) is 2.96. The van der Waals surface area contributed by atoms with Crippen molar-refractivity contribution in [3.05, 3.63) is 63.6 Å². The Morgan fingerprint density at radius 2 is 1.70 bits per heavy atom. The van der Waals surface area contributed by atoms with Crippen LogP contribution >= 0.6 is 0 Å². The number of hydrogen-bond donors (Lipinski definition) is 0. The molecule has 0 bridgehead atoms. The Bertz CT molecular complexity index is 813. The number of furan rings is 1. The third-order valence-corrected chi connectivity index (χ3v) is 4.37. The molecule has 23 heavy (non-hydrogen) atoms. The number of ketones is 2. The van der Waals surface area contributed by atoms with Gasteiger partial charge in [0.2, 0.25) is 0 Å². The van der Waals surface area contributed by atoms with E-state index in [1.807, 2.05) is 52.0 Å². The Balaban J connectivity index is 2.01. The molecule has 0 spiro atoms. The molecule has 0 saturated heterocycles. The van der Waals surface area contributed by atoms with E-state index >= 15 is 0 Å². The Labute approximate surface area is 136 Å². The highest BCUT2D eigenvalue weighted by Crippen LogP contribution is 2.36. The largest absolute Gasteiger partial charge is 0.462 e. The quantitative estimate of drug-likeness (QED) is 0.616. The van der Waals surface area contributed by atoms with Crippen molar-refractivity contribution in [2.75, 3.05) is 0 Å². The highest BCUT2D eigenvalue weighted by molar-refractivity contribution is 6.24. The molecule has 0 N–H and O–H groups in total. The van der Waals surface area contributed by atoms with Crippen molar-refractivity contribution in [1.82, 2.24) is 0 Å². The number of rotatable bonds is 2. The standard InChI is InChI=1S/C20H20O3/c1-11-7-12(2)18(13(3)8-11)19-17(21)10-15(20(19)22)9-16-6-5-14(4)23-16/h5-9,19H,10H2,1-4H3. The van der Waals surface area contributed by atoms with Crippen LogP contribution in [0.1, 0.15) is 46.1 Å². The molecule has 1 aliphatic carbocycles. The number of aryl methyl sites for hydroxylation is 4. The third kappa shape index (κ3) is 2.79. The van der Waals surface area contributed by atoms with Gasteiger partial charge in [0.05, 0.1) is 0 Å². The zero-order chi connectivity index (χ0) is 16.7. The Morgan fingerprint density at radius 1 is 1.04 bits per heavy atom. The van der Waals surface area contributed by atoms with Crippen LogP contribution in [0.25, 0.3) is 6.08 Å². The maximum Gasteiger partial charge on any atom is 0.174 e. The summed E-state index contributed by atoms with van der Waals surface area (Å²) >= 11 is 0. The van der Waals surface area contributed by atoms with E-state index in [0.29, 0.717) is 11.3 Å². The van der Waals surface area contributed by atoms with E-state index in [2.05, 4.69) is 0 Å². The summed E-state index contributed by atoms with van der Waals surface area (Å²) in [4.78, 5) is 25.3. The van der Waals surface area contributed by atoms with Gasteiger partial charge in [-0.15, -0.1) is 0 Å². The fraction of sp³-hybridized carbons (Fsp3) is 0.300. The molecule has 0 amide bonds. The predicted molar refractivity (Wildman–Crippen MR) is 89.4 cm³/mol. The number of carbonyl (C=O) groups excluding carboxylic acids is 2. The Kier molecular flexibility index (Phi) is 3.80. The molecule has 2 aromatic rings. The van der Waals surface area contributed by atoms with Crippen LogP contribution < -0.4 is 0 Å². The topological polar surface area (TPSA) is 47.3 Å². The van der Waals surface area contributed by atoms with E-state index in [9.17, 15) is 9.59 Å². The summed E-state index contributed by atoms with van der Waals surface area (Å²) in [6.45, 7) is 7.80. The summed E-state index contributed by atoms with van der Waals surface area (Å²) in [7, 11) is 0. The molecule has 0 radical (unpaired) electrons. The highest BCUT2D eigenvalue weighted by atomic mass is 16.3. The number of benzene rings is 1. The van der Waals surface area contributed by atoms with Crippen LogP contribution in [0.3, 0.4) is 0 Å². The third-order valence-electron chi connectivity index (χ3n) is 4.37. The number of allylic oxidation sites excluding steroid dienone is 1. The lowest BCUT2D eigenvalue weighted by Gasteiger charge is -2.15. The highest BCUT2D eigenvalue weighted by Gasteiger charge is 2.39. The van der Waals surface area contributed by atoms with Crippen molar-refractivity contribution in [1.29, 1.82) is 0 Å². The summed E-state index contributed by atoms with van der Waals surface area (Å²) in [5.74, 6) is 0.614. The molecule has 1 saturated carbocycles. The van der Waals surface area contributed by atoms with Crippen LogP contribution in [0.4, 0.5) is 0 Å². The molecule has 1 aliphatic rings.